The van der Waals surface area contributed by atoms with Gasteiger partial charge in [0, 0.05) is 0 Å². The molecule has 0 aromatic carbocycles. The number of rotatable bonds is 1. The second kappa shape index (κ2) is 3.49. The van der Waals surface area contributed by atoms with Crippen LogP contribution in [0.2, 0.25) is 0 Å². The van der Waals surface area contributed by atoms with E-state index >= 15 is 0 Å². The third-order valence-electron chi connectivity index (χ3n) is 6.87. The van der Waals surface area contributed by atoms with E-state index < -0.39 is 0 Å². The molecule has 0 aromatic rings. The van der Waals surface area contributed by atoms with Crippen LogP contribution >= 0.6 is 0 Å². The monoisotopic (exact) mass is 246 g/mol. The Balaban J connectivity index is 2.15. The van der Waals surface area contributed by atoms with Crippen molar-refractivity contribution in [2.75, 3.05) is 0 Å². The van der Waals surface area contributed by atoms with E-state index in [1.54, 1.807) is 6.92 Å². The summed E-state index contributed by atoms with van der Waals surface area (Å²) in [6.45, 7) is 11.3. The van der Waals surface area contributed by atoms with E-state index in [1.165, 1.54) is 30.4 Å². The van der Waals surface area contributed by atoms with Gasteiger partial charge in [-0.05, 0) is 73.7 Å². The van der Waals surface area contributed by atoms with Crippen LogP contribution in [-0.2, 0) is 4.79 Å². The number of carbonyl (C=O) groups excluding carboxylic acids is 1. The third-order valence-corrected chi connectivity index (χ3v) is 6.87. The molecule has 2 saturated carbocycles. The van der Waals surface area contributed by atoms with Crippen LogP contribution in [0.1, 0.15) is 60.3 Å². The molecule has 0 heterocycles. The van der Waals surface area contributed by atoms with E-state index in [9.17, 15) is 4.79 Å². The van der Waals surface area contributed by atoms with E-state index in [1.807, 2.05) is 0 Å². The molecule has 1 heteroatoms. The molecule has 0 aliphatic heterocycles. The molecule has 0 saturated heterocycles. The van der Waals surface area contributed by atoms with Crippen LogP contribution < -0.4 is 0 Å². The molecule has 3 aliphatic carbocycles. The number of allylic oxidation sites excluding steroid dienone is 2. The van der Waals surface area contributed by atoms with Crippen molar-refractivity contribution < 1.29 is 4.79 Å². The molecular formula is C17H26O. The van der Waals surface area contributed by atoms with Gasteiger partial charge in [0.25, 0.3) is 0 Å². The number of hydrogen-bond donors (Lipinski definition) is 0. The van der Waals surface area contributed by atoms with Gasteiger partial charge in [-0.2, -0.15) is 0 Å². The Morgan fingerprint density at radius 1 is 1.28 bits per heavy atom. The molecule has 0 aromatic heterocycles. The predicted octanol–water partition coefficient (Wildman–Crippen LogP) is 4.37. The van der Waals surface area contributed by atoms with Crippen molar-refractivity contribution in [3.05, 3.63) is 11.1 Å². The van der Waals surface area contributed by atoms with Crippen LogP contribution in [0.5, 0.6) is 0 Å². The van der Waals surface area contributed by atoms with Crippen molar-refractivity contribution in [2.45, 2.75) is 60.3 Å². The summed E-state index contributed by atoms with van der Waals surface area (Å²) < 4.78 is 0. The first kappa shape index (κ1) is 12.4. The largest absolute Gasteiger partial charge is 0.295 e. The standard InChI is InChI=1S/C17H26O/c1-10-6-7-15-16(4,5)14-9-17(10,15)8-13(11(14)2)12(3)18/h10,14-15H,6-9H2,1-5H3/t10-,14-,15+,17+/m1/s1. The number of carbonyl (C=O) groups is 1. The lowest BCUT2D eigenvalue weighted by Gasteiger charge is -2.38. The number of fused-ring (bicyclic) bond motifs is 1. The number of ketones is 1. The first-order chi connectivity index (χ1) is 8.30. The predicted molar refractivity (Wildman–Crippen MR) is 74.2 cm³/mol. The molecular weight excluding hydrogens is 220 g/mol. The quantitative estimate of drug-likeness (QED) is 0.671. The summed E-state index contributed by atoms with van der Waals surface area (Å²) in [6, 6.07) is 0. The van der Waals surface area contributed by atoms with Gasteiger partial charge >= 0.3 is 0 Å². The maximum absolute atomic E-state index is 12.0. The van der Waals surface area contributed by atoms with Gasteiger partial charge in [-0.15, -0.1) is 0 Å². The zero-order valence-electron chi connectivity index (χ0n) is 12.5. The van der Waals surface area contributed by atoms with Crippen molar-refractivity contribution in [2.24, 2.45) is 28.6 Å². The minimum atomic E-state index is 0.326. The average molecular weight is 246 g/mol. The summed E-state index contributed by atoms with van der Waals surface area (Å²) in [5.74, 6) is 2.61. The Morgan fingerprint density at radius 3 is 2.56 bits per heavy atom. The summed E-state index contributed by atoms with van der Waals surface area (Å²) in [5, 5.41) is 0. The smallest absolute Gasteiger partial charge is 0.155 e. The highest BCUT2D eigenvalue weighted by atomic mass is 16.1. The van der Waals surface area contributed by atoms with E-state index in [0.717, 1.165) is 18.3 Å². The van der Waals surface area contributed by atoms with Gasteiger partial charge in [0.1, 0.15) is 0 Å². The molecule has 2 fully saturated rings. The lowest BCUT2D eigenvalue weighted by Crippen LogP contribution is -2.32. The summed E-state index contributed by atoms with van der Waals surface area (Å²) in [5.41, 5.74) is 3.44. The van der Waals surface area contributed by atoms with Gasteiger partial charge in [0.05, 0.1) is 0 Å². The molecule has 0 N–H and O–H groups in total. The molecule has 4 atom stereocenters. The average Bonchev–Trinajstić information content (AvgIpc) is 2.68. The van der Waals surface area contributed by atoms with E-state index in [4.69, 9.17) is 0 Å². The third kappa shape index (κ3) is 1.26. The second-order valence-electron chi connectivity index (χ2n) is 7.74. The Kier molecular flexibility index (Phi) is 2.41. The zero-order valence-corrected chi connectivity index (χ0v) is 12.5. The number of hydrogen-bond acceptors (Lipinski definition) is 1. The molecule has 100 valence electrons. The second-order valence-corrected chi connectivity index (χ2v) is 7.74. The first-order valence-corrected chi connectivity index (χ1v) is 7.51. The fourth-order valence-electron chi connectivity index (χ4n) is 5.84. The summed E-state index contributed by atoms with van der Waals surface area (Å²) in [7, 11) is 0. The van der Waals surface area contributed by atoms with Crippen LogP contribution in [0, 0.1) is 28.6 Å². The topological polar surface area (TPSA) is 17.1 Å². The van der Waals surface area contributed by atoms with Crippen molar-refractivity contribution in [3.8, 4) is 0 Å². The van der Waals surface area contributed by atoms with Gasteiger partial charge < -0.3 is 0 Å². The van der Waals surface area contributed by atoms with Crippen molar-refractivity contribution in [1.29, 1.82) is 0 Å². The van der Waals surface area contributed by atoms with Crippen molar-refractivity contribution >= 4 is 5.78 Å². The highest BCUT2D eigenvalue weighted by Gasteiger charge is 2.64. The Bertz CT molecular complexity index is 443. The zero-order chi connectivity index (χ0) is 13.3. The van der Waals surface area contributed by atoms with Gasteiger partial charge in [-0.1, -0.05) is 26.3 Å². The summed E-state index contributed by atoms with van der Waals surface area (Å²) in [4.78, 5) is 12.0. The van der Waals surface area contributed by atoms with Crippen LogP contribution in [0.15, 0.2) is 11.1 Å². The molecule has 1 nitrogen and oxygen atoms in total. The minimum absolute atomic E-state index is 0.326. The van der Waals surface area contributed by atoms with Gasteiger partial charge in [0.2, 0.25) is 0 Å². The maximum Gasteiger partial charge on any atom is 0.155 e. The molecule has 0 amide bonds. The molecule has 3 aliphatic rings. The SMILES string of the molecule is CC(=O)C1=C(C)[C@H]2C[C@@]3(C1)[C@H](C)CC[C@H]3C2(C)C. The summed E-state index contributed by atoms with van der Waals surface area (Å²) in [6.07, 6.45) is 5.16. The van der Waals surface area contributed by atoms with E-state index in [0.29, 0.717) is 22.5 Å². The highest BCUT2D eigenvalue weighted by molar-refractivity contribution is 5.94. The molecule has 0 radical (unpaired) electrons. The first-order valence-electron chi connectivity index (χ1n) is 7.51. The van der Waals surface area contributed by atoms with Crippen molar-refractivity contribution in [1.82, 2.24) is 0 Å². The highest BCUT2D eigenvalue weighted by Crippen LogP contribution is 2.72. The molecule has 3 rings (SSSR count). The molecule has 2 bridgehead atoms. The maximum atomic E-state index is 12.0. The lowest BCUT2D eigenvalue weighted by molar-refractivity contribution is -0.114. The van der Waals surface area contributed by atoms with Gasteiger partial charge in [-0.3, -0.25) is 4.79 Å². The Morgan fingerprint density at radius 2 is 1.94 bits per heavy atom. The fraction of sp³-hybridized carbons (Fsp3) is 0.824. The van der Waals surface area contributed by atoms with Gasteiger partial charge in [-0.25, -0.2) is 0 Å². The Hall–Kier alpha value is -0.590. The van der Waals surface area contributed by atoms with E-state index in [2.05, 4.69) is 27.7 Å². The lowest BCUT2D eigenvalue weighted by atomic mass is 9.65. The molecule has 18 heavy (non-hydrogen) atoms. The van der Waals surface area contributed by atoms with Gasteiger partial charge in [0.15, 0.2) is 5.78 Å². The van der Waals surface area contributed by atoms with Crippen LogP contribution in [0.25, 0.3) is 0 Å². The molecule has 0 unspecified atom stereocenters. The van der Waals surface area contributed by atoms with Crippen LogP contribution in [0.4, 0.5) is 0 Å². The molecule has 1 spiro atoms. The summed E-state index contributed by atoms with van der Waals surface area (Å²) >= 11 is 0. The van der Waals surface area contributed by atoms with Crippen LogP contribution in [0.3, 0.4) is 0 Å². The normalized spacial score (nSPS) is 45.3. The fourth-order valence-corrected chi connectivity index (χ4v) is 5.84. The van der Waals surface area contributed by atoms with Crippen LogP contribution in [-0.4, -0.2) is 5.78 Å². The van der Waals surface area contributed by atoms with E-state index in [-0.39, 0.29) is 0 Å². The Labute approximate surface area is 111 Å². The number of Topliss-reactive ketones (excluding diaryl/α,β-unsaturated/α-hetero) is 1. The van der Waals surface area contributed by atoms with Crippen molar-refractivity contribution in [3.63, 3.8) is 0 Å². The minimum Gasteiger partial charge on any atom is -0.295 e.